The van der Waals surface area contributed by atoms with E-state index in [1.54, 1.807) is 0 Å². The third-order valence-corrected chi connectivity index (χ3v) is 4.58. The number of carbonyl (C=O) groups is 1. The van der Waals surface area contributed by atoms with Crippen molar-refractivity contribution >= 4 is 28.2 Å². The van der Waals surface area contributed by atoms with Crippen LogP contribution >= 0.6 is 0 Å². The van der Waals surface area contributed by atoms with Crippen molar-refractivity contribution in [2.45, 2.75) is 17.0 Å². The van der Waals surface area contributed by atoms with E-state index in [0.29, 0.717) is 16.0 Å². The van der Waals surface area contributed by atoms with Gasteiger partial charge in [0.25, 0.3) is 0 Å². The summed E-state index contributed by atoms with van der Waals surface area (Å²) in [5, 5.41) is 31.3. The van der Waals surface area contributed by atoms with Gasteiger partial charge in [-0.25, -0.2) is 4.39 Å². The number of rotatable bonds is 7. The van der Waals surface area contributed by atoms with Crippen molar-refractivity contribution in [3.63, 3.8) is 0 Å². The minimum Gasteiger partial charge on any atom is -0.504 e. The van der Waals surface area contributed by atoms with E-state index in [-0.39, 0.29) is 11.5 Å². The van der Waals surface area contributed by atoms with Crippen LogP contribution in [0.4, 0.5) is 4.39 Å². The van der Waals surface area contributed by atoms with Crippen LogP contribution in [0.25, 0.3) is 6.08 Å². The highest BCUT2D eigenvalue weighted by Crippen LogP contribution is 2.25. The van der Waals surface area contributed by atoms with Crippen molar-refractivity contribution in [3.8, 4) is 11.5 Å². The Morgan fingerprint density at radius 2 is 1.85 bits per heavy atom. The molecule has 4 N–H and O–H groups in total. The predicted octanol–water partition coefficient (Wildman–Crippen LogP) is 2.05. The lowest BCUT2D eigenvalue weighted by Crippen LogP contribution is -2.40. The van der Waals surface area contributed by atoms with Gasteiger partial charge in [-0.05, 0) is 29.3 Å². The van der Waals surface area contributed by atoms with Crippen LogP contribution in [-0.2, 0) is 19.4 Å². The number of hydrogen-bond acceptors (Lipinski definition) is 6. The van der Waals surface area contributed by atoms with Gasteiger partial charge in [-0.2, -0.15) is 5.87 Å². The second-order valence-corrected chi connectivity index (χ2v) is 6.87. The fourth-order valence-electron chi connectivity index (χ4n) is 2.30. The van der Waals surface area contributed by atoms with Gasteiger partial charge in [0.2, 0.25) is 5.91 Å². The average Bonchev–Trinajstić information content (AvgIpc) is 2.66. The molecule has 0 saturated heterocycles. The molecule has 0 heterocycles. The maximum atomic E-state index is 13.3. The first-order chi connectivity index (χ1) is 12.8. The fourth-order valence-corrected chi connectivity index (χ4v) is 2.74. The molecular formula is C19H19FNO5S-. The molecule has 27 heavy (non-hydrogen) atoms. The van der Waals surface area contributed by atoms with Crippen LogP contribution in [0.2, 0.25) is 0 Å². The van der Waals surface area contributed by atoms with E-state index in [1.807, 2.05) is 0 Å². The van der Waals surface area contributed by atoms with E-state index in [2.05, 4.69) is 11.2 Å². The number of hydrogen-bond donors (Lipinski definition) is 4. The maximum absolute atomic E-state index is 13.3. The summed E-state index contributed by atoms with van der Waals surface area (Å²) < 4.78 is 24.6. The molecule has 0 aromatic heterocycles. The number of halogens is 1. The highest BCUT2D eigenvalue weighted by molar-refractivity contribution is 7.82. The van der Waals surface area contributed by atoms with Crippen molar-refractivity contribution in [2.24, 2.45) is 0 Å². The summed E-state index contributed by atoms with van der Waals surface area (Å²) in [6, 6.07) is 8.84. The van der Waals surface area contributed by atoms with Crippen molar-refractivity contribution in [1.29, 1.82) is 0 Å². The molecule has 0 radical (unpaired) electrons. The van der Waals surface area contributed by atoms with Crippen LogP contribution in [0.5, 0.6) is 11.5 Å². The normalized spacial score (nSPS) is 13.6. The van der Waals surface area contributed by atoms with Crippen LogP contribution in [0.1, 0.15) is 17.2 Å². The summed E-state index contributed by atoms with van der Waals surface area (Å²) in [5.74, 6) is 2.13. The number of aliphatic hydroxyl groups excluding tert-OH is 1. The molecular weight excluding hydrogens is 373 g/mol. The summed E-state index contributed by atoms with van der Waals surface area (Å²) in [5.41, 5.74) is 0.814. The van der Waals surface area contributed by atoms with Gasteiger partial charge in [-0.1, -0.05) is 30.3 Å². The third-order valence-electron chi connectivity index (χ3n) is 3.79. The van der Waals surface area contributed by atoms with Gasteiger partial charge in [0.15, 0.2) is 11.5 Å². The smallest absolute Gasteiger partial charge is 0.244 e. The van der Waals surface area contributed by atoms with Crippen molar-refractivity contribution < 1.29 is 28.7 Å². The average molecular weight is 392 g/mol. The van der Waals surface area contributed by atoms with Crippen molar-refractivity contribution in [2.75, 3.05) is 6.67 Å². The minimum atomic E-state index is -1.41. The summed E-state index contributed by atoms with van der Waals surface area (Å²) in [4.78, 5) is 12.4. The number of phenolic OH excluding ortho intramolecular Hbond substituents is 2. The van der Waals surface area contributed by atoms with Gasteiger partial charge in [0.05, 0.1) is 6.04 Å². The first-order valence-corrected chi connectivity index (χ1v) is 9.19. The van der Waals surface area contributed by atoms with Crippen molar-refractivity contribution in [1.82, 2.24) is 5.32 Å². The monoisotopic (exact) mass is 392 g/mol. The van der Waals surface area contributed by atoms with Gasteiger partial charge in [0, 0.05) is 6.08 Å². The summed E-state index contributed by atoms with van der Waals surface area (Å²) in [6.45, 7) is -0.996. The number of benzene rings is 2. The van der Waals surface area contributed by atoms with Crippen LogP contribution in [0.3, 0.4) is 0 Å². The lowest BCUT2D eigenvalue weighted by Gasteiger charge is -2.21. The number of aromatic hydroxyl groups is 2. The Morgan fingerprint density at radius 3 is 2.41 bits per heavy atom. The van der Waals surface area contributed by atoms with Gasteiger partial charge in [0.1, 0.15) is 12.8 Å². The molecule has 0 aliphatic rings. The number of alkyl halides is 1. The number of aliphatic hydroxyl groups is 1. The zero-order valence-corrected chi connectivity index (χ0v) is 15.0. The van der Waals surface area contributed by atoms with Crippen LogP contribution in [-0.4, -0.2) is 39.8 Å². The zero-order chi connectivity index (χ0) is 20.0. The Balaban J connectivity index is 2.04. The first-order valence-electron chi connectivity index (χ1n) is 7.88. The minimum absolute atomic E-state index is 0.286. The molecule has 8 heteroatoms. The molecule has 6 nitrogen and oxygen atoms in total. The van der Waals surface area contributed by atoms with Crippen LogP contribution in [0.15, 0.2) is 53.4 Å². The van der Waals surface area contributed by atoms with Gasteiger partial charge in [-0.15, -0.1) is 4.90 Å². The van der Waals surface area contributed by atoms with E-state index in [9.17, 15) is 28.7 Å². The fraction of sp³-hybridized carbons (Fsp3) is 0.158. The molecule has 2 rings (SSSR count). The molecule has 0 bridgehead atoms. The lowest BCUT2D eigenvalue weighted by atomic mass is 10.0. The largest absolute Gasteiger partial charge is 0.504 e. The third kappa shape index (κ3) is 5.57. The number of carbonyl (C=O) groups excluding carboxylic acids is 1. The molecule has 144 valence electrons. The number of nitrogens with one attached hydrogen (secondary N) is 1. The Labute approximate surface area is 157 Å². The topological polar surface area (TPSA) is 107 Å². The van der Waals surface area contributed by atoms with Gasteiger partial charge < -0.3 is 24.8 Å². The molecule has 1 amide bonds. The summed E-state index contributed by atoms with van der Waals surface area (Å²) in [6.07, 6.45) is 1.20. The Hall–Kier alpha value is -2.84. The molecule has 2 aromatic rings. The molecule has 0 spiro atoms. The second kappa shape index (κ2) is 9.20. The van der Waals surface area contributed by atoms with Crippen LogP contribution in [0, 0.1) is 0 Å². The molecule has 0 aliphatic carbocycles. The predicted molar refractivity (Wildman–Crippen MR) is 102 cm³/mol. The number of phenols is 2. The lowest BCUT2D eigenvalue weighted by molar-refractivity contribution is -0.118. The quantitative estimate of drug-likeness (QED) is 0.250. The molecule has 2 atom stereocenters. The van der Waals surface area contributed by atoms with E-state index in [0.717, 1.165) is 6.08 Å². The maximum Gasteiger partial charge on any atom is 0.244 e. The Kier molecular flexibility index (Phi) is 6.98. The highest BCUT2D eigenvalue weighted by Gasteiger charge is 2.22. The standard InChI is InChI=1S/C19H19FNO5S/c1-27(26)14-6-4-13(5-7-14)19(25)15(11-20)21-18(24)9-3-12-2-8-16(22)17(23)10-12/h2-10,15,19,22-23,25H,1,11H2,(H,21,24)/q-1/b9-3+/t15?,19-/m0/s1. The summed E-state index contributed by atoms with van der Waals surface area (Å²) in [7, 11) is -1.41. The van der Waals surface area contributed by atoms with E-state index in [4.69, 9.17) is 0 Å². The second-order valence-electron chi connectivity index (χ2n) is 5.71. The Bertz CT molecular complexity index is 901. The molecule has 1 unspecified atom stereocenters. The number of amides is 1. The van der Waals surface area contributed by atoms with Gasteiger partial charge >= 0.3 is 0 Å². The highest BCUT2D eigenvalue weighted by atomic mass is 32.2. The van der Waals surface area contributed by atoms with Crippen LogP contribution < -0.4 is 5.32 Å². The van der Waals surface area contributed by atoms with E-state index >= 15 is 0 Å². The van der Waals surface area contributed by atoms with E-state index in [1.165, 1.54) is 48.5 Å². The Morgan fingerprint density at radius 1 is 1.19 bits per heavy atom. The zero-order valence-electron chi connectivity index (χ0n) is 14.2. The molecule has 2 aromatic carbocycles. The van der Waals surface area contributed by atoms with Gasteiger partial charge in [-0.3, -0.25) is 15.2 Å². The molecule has 0 saturated carbocycles. The SMILES string of the molecule is C=[S-](=O)c1ccc([C@H](O)C(CF)NC(=O)/C=C/c2ccc(O)c(O)c2)cc1. The molecule has 0 aliphatic heterocycles. The molecule has 0 fully saturated rings. The van der Waals surface area contributed by atoms with E-state index < -0.39 is 35.1 Å². The summed E-state index contributed by atoms with van der Waals surface area (Å²) >= 11 is 0. The van der Waals surface area contributed by atoms with Crippen molar-refractivity contribution in [3.05, 3.63) is 59.7 Å². The first kappa shape index (κ1) is 20.5.